The lowest BCUT2D eigenvalue weighted by Crippen LogP contribution is -2.29. The van der Waals surface area contributed by atoms with Crippen LogP contribution in [0.4, 0.5) is 13.2 Å². The lowest BCUT2D eigenvalue weighted by molar-refractivity contribution is -0.143. The number of carbonyl (C=O) groups is 2. The molecular formula is C15H16F3NO4. The Kier molecular flexibility index (Phi) is 7.40. The van der Waals surface area contributed by atoms with Crippen LogP contribution in [0.15, 0.2) is 17.1 Å². The van der Waals surface area contributed by atoms with Gasteiger partial charge in [-0.15, -0.1) is 0 Å². The molecule has 0 aliphatic carbocycles. The molecule has 0 fully saturated rings. The van der Waals surface area contributed by atoms with Crippen LogP contribution < -0.4 is 0 Å². The zero-order valence-corrected chi connectivity index (χ0v) is 12.4. The van der Waals surface area contributed by atoms with Gasteiger partial charge < -0.3 is 9.84 Å². The zero-order chi connectivity index (χ0) is 17.4. The normalized spacial score (nSPS) is 12.4. The summed E-state index contributed by atoms with van der Waals surface area (Å²) in [5, 5.41) is 8.64. The minimum atomic E-state index is -1.62. The molecule has 0 amide bonds. The Morgan fingerprint density at radius 2 is 2.04 bits per heavy atom. The average Bonchev–Trinajstić information content (AvgIpc) is 2.50. The molecule has 0 saturated heterocycles. The number of nitrogens with zero attached hydrogens (tertiary/aromatic N) is 1. The first-order valence-electron chi connectivity index (χ1n) is 6.88. The second-order valence-corrected chi connectivity index (χ2v) is 4.48. The van der Waals surface area contributed by atoms with Crippen molar-refractivity contribution in [1.29, 1.82) is 0 Å². The zero-order valence-electron chi connectivity index (χ0n) is 12.4. The van der Waals surface area contributed by atoms with Gasteiger partial charge in [-0.05, 0) is 19.4 Å². The minimum absolute atomic E-state index is 0.0346. The number of carbonyl (C=O) groups excluding carboxylic acids is 2. The number of benzene rings is 1. The first kappa shape index (κ1) is 18.8. The molecule has 1 atom stereocenters. The number of ketones is 1. The number of hydrogen-bond acceptors (Lipinski definition) is 5. The predicted octanol–water partition coefficient (Wildman–Crippen LogP) is 1.92. The van der Waals surface area contributed by atoms with E-state index < -0.39 is 40.7 Å². The molecule has 8 heteroatoms. The van der Waals surface area contributed by atoms with Crippen molar-refractivity contribution in [3.8, 4) is 0 Å². The summed E-state index contributed by atoms with van der Waals surface area (Å²) in [5.41, 5.74) is -0.894. The smallest absolute Gasteiger partial charge is 0.322 e. The molecule has 5 nitrogen and oxygen atoms in total. The van der Waals surface area contributed by atoms with Crippen molar-refractivity contribution in [2.75, 3.05) is 19.8 Å². The summed E-state index contributed by atoms with van der Waals surface area (Å²) in [7, 11) is 0. The second-order valence-electron chi connectivity index (χ2n) is 4.48. The first-order valence-corrected chi connectivity index (χ1v) is 6.88. The maximum Gasteiger partial charge on any atom is 0.322 e. The van der Waals surface area contributed by atoms with Crippen molar-refractivity contribution in [3.05, 3.63) is 35.1 Å². The Morgan fingerprint density at radius 1 is 1.35 bits per heavy atom. The highest BCUT2D eigenvalue weighted by Crippen LogP contribution is 2.18. The van der Waals surface area contributed by atoms with E-state index in [1.807, 2.05) is 0 Å². The highest BCUT2D eigenvalue weighted by atomic mass is 19.2. The molecule has 0 aromatic heterocycles. The molecule has 0 aliphatic heterocycles. The van der Waals surface area contributed by atoms with Gasteiger partial charge in [-0.1, -0.05) is 0 Å². The summed E-state index contributed by atoms with van der Waals surface area (Å²) >= 11 is 0. The number of Topliss-reactive ketones (excluding diaryl/α,β-unsaturated/α-hetero) is 1. The molecule has 1 N–H and O–H groups in total. The molecular weight excluding hydrogens is 315 g/mol. The van der Waals surface area contributed by atoms with Gasteiger partial charge in [0.2, 0.25) is 0 Å². The lowest BCUT2D eigenvalue weighted by atomic mass is 9.98. The van der Waals surface area contributed by atoms with Gasteiger partial charge in [-0.25, -0.2) is 13.2 Å². The summed E-state index contributed by atoms with van der Waals surface area (Å²) in [6.45, 7) is 1.45. The molecule has 0 aliphatic rings. The second kappa shape index (κ2) is 9.04. The van der Waals surface area contributed by atoms with Crippen LogP contribution in [0.3, 0.4) is 0 Å². The highest BCUT2D eigenvalue weighted by Gasteiger charge is 2.30. The molecule has 0 radical (unpaired) electrons. The van der Waals surface area contributed by atoms with Gasteiger partial charge in [-0.3, -0.25) is 14.6 Å². The van der Waals surface area contributed by atoms with Crippen molar-refractivity contribution in [3.63, 3.8) is 0 Å². The van der Waals surface area contributed by atoms with E-state index in [4.69, 9.17) is 9.84 Å². The third-order valence-electron chi connectivity index (χ3n) is 2.78. The highest BCUT2D eigenvalue weighted by molar-refractivity contribution is 6.18. The molecule has 1 aromatic carbocycles. The number of rotatable bonds is 8. The number of aliphatic hydroxyl groups is 1. The average molecular weight is 331 g/mol. The topological polar surface area (TPSA) is 76.0 Å². The summed E-state index contributed by atoms with van der Waals surface area (Å²) < 4.78 is 44.8. The van der Waals surface area contributed by atoms with Gasteiger partial charge in [0.1, 0.15) is 5.82 Å². The van der Waals surface area contributed by atoms with Crippen LogP contribution in [0.5, 0.6) is 0 Å². The lowest BCUT2D eigenvalue weighted by Gasteiger charge is -2.11. The van der Waals surface area contributed by atoms with E-state index >= 15 is 0 Å². The van der Waals surface area contributed by atoms with Crippen LogP contribution in [0, 0.1) is 23.4 Å². The van der Waals surface area contributed by atoms with E-state index in [0.717, 1.165) is 6.21 Å². The summed E-state index contributed by atoms with van der Waals surface area (Å²) in [4.78, 5) is 27.8. The van der Waals surface area contributed by atoms with Crippen molar-refractivity contribution < 1.29 is 32.6 Å². The minimum Gasteiger partial charge on any atom is -0.465 e. The number of halogens is 3. The van der Waals surface area contributed by atoms with E-state index in [1.165, 1.54) is 6.92 Å². The molecule has 0 bridgehead atoms. The number of hydrogen-bond donors (Lipinski definition) is 1. The van der Waals surface area contributed by atoms with Gasteiger partial charge in [0.15, 0.2) is 23.3 Å². The SMILES string of the molecule is CCOC(=O)C(C=NCCCO)C(=O)c1cc(F)cc(F)c1F. The monoisotopic (exact) mass is 331 g/mol. The predicted molar refractivity (Wildman–Crippen MR) is 75.8 cm³/mol. The molecule has 1 aromatic rings. The van der Waals surface area contributed by atoms with Crippen LogP contribution in [0.1, 0.15) is 23.7 Å². The maximum absolute atomic E-state index is 13.7. The Bertz CT molecular complexity index is 605. The van der Waals surface area contributed by atoms with Gasteiger partial charge in [0, 0.05) is 25.4 Å². The van der Waals surface area contributed by atoms with Crippen LogP contribution in [0.25, 0.3) is 0 Å². The standard InChI is InChI=1S/C15H16F3NO4/c1-2-23-15(22)11(8-19-4-3-5-20)14(21)10-6-9(16)7-12(17)13(10)18/h6-8,11,20H,2-5H2,1H3. The van der Waals surface area contributed by atoms with E-state index in [9.17, 15) is 22.8 Å². The van der Waals surface area contributed by atoms with Crippen molar-refractivity contribution in [1.82, 2.24) is 0 Å². The number of esters is 1. The van der Waals surface area contributed by atoms with E-state index in [2.05, 4.69) is 4.99 Å². The molecule has 0 spiro atoms. The fourth-order valence-corrected chi connectivity index (χ4v) is 1.71. The molecule has 126 valence electrons. The van der Waals surface area contributed by atoms with Crippen LogP contribution in [-0.2, 0) is 9.53 Å². The number of aliphatic hydroxyl groups excluding tert-OH is 1. The van der Waals surface area contributed by atoms with Crippen LogP contribution in [0.2, 0.25) is 0 Å². The Morgan fingerprint density at radius 3 is 2.65 bits per heavy atom. The quantitative estimate of drug-likeness (QED) is 0.197. The third kappa shape index (κ3) is 5.17. The van der Waals surface area contributed by atoms with Crippen molar-refractivity contribution in [2.24, 2.45) is 10.9 Å². The Hall–Kier alpha value is -2.22. The van der Waals surface area contributed by atoms with Gasteiger partial charge in [0.05, 0.1) is 12.2 Å². The van der Waals surface area contributed by atoms with Crippen LogP contribution >= 0.6 is 0 Å². The molecule has 0 saturated carbocycles. The Labute approximate surface area is 130 Å². The largest absolute Gasteiger partial charge is 0.465 e. The van der Waals surface area contributed by atoms with E-state index in [-0.39, 0.29) is 19.8 Å². The summed E-state index contributed by atoms with van der Waals surface area (Å²) in [6, 6.07) is 0.801. The molecule has 0 heterocycles. The number of aliphatic imine (C=N–C) groups is 1. The molecule has 23 heavy (non-hydrogen) atoms. The van der Waals surface area contributed by atoms with Gasteiger partial charge in [-0.2, -0.15) is 0 Å². The van der Waals surface area contributed by atoms with E-state index in [0.29, 0.717) is 18.6 Å². The fraction of sp³-hybridized carbons (Fsp3) is 0.400. The summed E-state index contributed by atoms with van der Waals surface area (Å²) in [6.07, 6.45) is 1.22. The van der Waals surface area contributed by atoms with Gasteiger partial charge in [0.25, 0.3) is 0 Å². The number of ether oxygens (including phenoxy) is 1. The van der Waals surface area contributed by atoms with Crippen molar-refractivity contribution >= 4 is 18.0 Å². The van der Waals surface area contributed by atoms with Gasteiger partial charge >= 0.3 is 5.97 Å². The first-order chi connectivity index (χ1) is 10.9. The van der Waals surface area contributed by atoms with Crippen LogP contribution in [-0.4, -0.2) is 42.8 Å². The third-order valence-corrected chi connectivity index (χ3v) is 2.78. The molecule has 1 rings (SSSR count). The molecule has 1 unspecified atom stereocenters. The van der Waals surface area contributed by atoms with E-state index in [1.54, 1.807) is 0 Å². The van der Waals surface area contributed by atoms with Crippen molar-refractivity contribution in [2.45, 2.75) is 13.3 Å². The summed E-state index contributed by atoms with van der Waals surface area (Å²) in [5.74, 6) is -8.01. The maximum atomic E-state index is 13.7. The Balaban J connectivity index is 3.13. The fourth-order valence-electron chi connectivity index (χ4n) is 1.71.